The Kier molecular flexibility index (Phi) is 4.50. The molecular weight excluding hydrogens is 310 g/mol. The number of benzene rings is 1. The van der Waals surface area contributed by atoms with Crippen LogP contribution in [-0.4, -0.2) is 30.9 Å². The molecule has 0 aromatic heterocycles. The maximum absolute atomic E-state index is 11.8. The monoisotopic (exact) mass is 323 g/mol. The molecule has 1 atom stereocenters. The van der Waals surface area contributed by atoms with Crippen molar-refractivity contribution in [1.82, 2.24) is 5.32 Å². The van der Waals surface area contributed by atoms with E-state index >= 15 is 0 Å². The highest BCUT2D eigenvalue weighted by Gasteiger charge is 2.22. The lowest BCUT2D eigenvalue weighted by molar-refractivity contribution is -0.143. The molecule has 1 unspecified atom stereocenters. The summed E-state index contributed by atoms with van der Waals surface area (Å²) in [6, 6.07) is 6.51. The molecule has 1 heterocycles. The molecule has 4 nitrogen and oxygen atoms in total. The van der Waals surface area contributed by atoms with Crippen LogP contribution in [-0.2, 0) is 9.53 Å². The minimum atomic E-state index is -0.433. The Labute approximate surface area is 120 Å². The van der Waals surface area contributed by atoms with Crippen LogP contribution in [0.5, 0.6) is 0 Å². The average molecular weight is 324 g/mol. The van der Waals surface area contributed by atoms with E-state index in [9.17, 15) is 9.59 Å². The van der Waals surface area contributed by atoms with Gasteiger partial charge in [0.25, 0.3) is 0 Å². The lowest BCUT2D eigenvalue weighted by Gasteiger charge is -2.08. The molecular formula is C14H14BrNO3. The molecule has 1 N–H and O–H groups in total. The number of Topliss-reactive ketones (excluding diaryl/α,β-unsaturated/α-hetero) is 1. The van der Waals surface area contributed by atoms with Gasteiger partial charge in [0.2, 0.25) is 0 Å². The van der Waals surface area contributed by atoms with E-state index < -0.39 is 12.0 Å². The number of esters is 1. The summed E-state index contributed by atoms with van der Waals surface area (Å²) < 4.78 is 5.91. The maximum atomic E-state index is 11.8. The van der Waals surface area contributed by atoms with Crippen molar-refractivity contribution in [1.29, 1.82) is 0 Å². The van der Waals surface area contributed by atoms with Gasteiger partial charge in [-0.15, -0.1) is 0 Å². The quantitative estimate of drug-likeness (QED) is 0.523. The van der Waals surface area contributed by atoms with E-state index in [0.29, 0.717) is 12.1 Å². The minimum absolute atomic E-state index is 0.209. The first-order chi connectivity index (χ1) is 9.06. The van der Waals surface area contributed by atoms with E-state index in [2.05, 4.69) is 21.2 Å². The number of ether oxygens (including phenoxy) is 1. The second kappa shape index (κ2) is 6.12. The number of nitrogens with one attached hydrogen (secondary N) is 1. The standard InChI is InChI=1S/C14H14BrNO3/c1-9-6-12(16-7-9)14(18)19-8-13(17)10-2-4-11(15)5-3-10/h2-6,12,16H,7-8H2,1H3. The summed E-state index contributed by atoms with van der Waals surface area (Å²) in [6.07, 6.45) is 1.81. The molecule has 0 amide bonds. The predicted molar refractivity (Wildman–Crippen MR) is 75.0 cm³/mol. The van der Waals surface area contributed by atoms with Gasteiger partial charge in [-0.05, 0) is 19.1 Å². The number of rotatable bonds is 4. The number of ketones is 1. The summed E-state index contributed by atoms with van der Waals surface area (Å²) >= 11 is 3.30. The first-order valence-corrected chi connectivity index (χ1v) is 6.71. The Bertz CT molecular complexity index is 522. The van der Waals surface area contributed by atoms with Crippen molar-refractivity contribution in [3.8, 4) is 0 Å². The summed E-state index contributed by atoms with van der Waals surface area (Å²) in [7, 11) is 0. The lowest BCUT2D eigenvalue weighted by Crippen LogP contribution is -2.33. The van der Waals surface area contributed by atoms with E-state index in [1.54, 1.807) is 24.3 Å². The van der Waals surface area contributed by atoms with Crippen molar-refractivity contribution in [2.24, 2.45) is 0 Å². The highest BCUT2D eigenvalue weighted by molar-refractivity contribution is 9.10. The fourth-order valence-corrected chi connectivity index (χ4v) is 2.03. The van der Waals surface area contributed by atoms with Crippen molar-refractivity contribution >= 4 is 27.7 Å². The van der Waals surface area contributed by atoms with Gasteiger partial charge in [0, 0.05) is 16.6 Å². The Hall–Kier alpha value is -1.46. The first-order valence-electron chi connectivity index (χ1n) is 5.92. The van der Waals surface area contributed by atoms with Crippen molar-refractivity contribution in [3.05, 3.63) is 46.0 Å². The van der Waals surface area contributed by atoms with Crippen LogP contribution in [0.4, 0.5) is 0 Å². The molecule has 0 fully saturated rings. The Morgan fingerprint density at radius 2 is 2.05 bits per heavy atom. The lowest BCUT2D eigenvalue weighted by atomic mass is 10.1. The molecule has 1 aromatic rings. The van der Waals surface area contributed by atoms with Gasteiger partial charge < -0.3 is 4.74 Å². The molecule has 0 saturated heterocycles. The molecule has 5 heteroatoms. The van der Waals surface area contributed by atoms with Gasteiger partial charge >= 0.3 is 5.97 Å². The molecule has 100 valence electrons. The molecule has 0 aliphatic carbocycles. The molecule has 0 bridgehead atoms. The van der Waals surface area contributed by atoms with Crippen molar-refractivity contribution in [2.45, 2.75) is 13.0 Å². The van der Waals surface area contributed by atoms with Gasteiger partial charge in [0.15, 0.2) is 12.4 Å². The zero-order valence-electron chi connectivity index (χ0n) is 10.5. The zero-order valence-corrected chi connectivity index (χ0v) is 12.1. The Balaban J connectivity index is 1.87. The molecule has 0 radical (unpaired) electrons. The Morgan fingerprint density at radius 1 is 1.37 bits per heavy atom. The number of halogens is 1. The van der Waals surface area contributed by atoms with Crippen LogP contribution in [0.1, 0.15) is 17.3 Å². The van der Waals surface area contributed by atoms with Crippen molar-refractivity contribution < 1.29 is 14.3 Å². The van der Waals surface area contributed by atoms with Crippen LogP contribution in [0, 0.1) is 0 Å². The number of carbonyl (C=O) groups excluding carboxylic acids is 2. The van der Waals surface area contributed by atoms with Crippen LogP contribution in [0.3, 0.4) is 0 Å². The van der Waals surface area contributed by atoms with Gasteiger partial charge in [0.05, 0.1) is 0 Å². The molecule has 1 aliphatic heterocycles. The van der Waals surface area contributed by atoms with Gasteiger partial charge in [-0.2, -0.15) is 0 Å². The van der Waals surface area contributed by atoms with E-state index in [-0.39, 0.29) is 12.4 Å². The highest BCUT2D eigenvalue weighted by Crippen LogP contribution is 2.11. The van der Waals surface area contributed by atoms with Gasteiger partial charge in [-0.1, -0.05) is 39.7 Å². The topological polar surface area (TPSA) is 55.4 Å². The van der Waals surface area contributed by atoms with Crippen LogP contribution in [0.2, 0.25) is 0 Å². The Morgan fingerprint density at radius 3 is 2.63 bits per heavy atom. The van der Waals surface area contributed by atoms with Crippen LogP contribution in [0.25, 0.3) is 0 Å². The average Bonchev–Trinajstić information content (AvgIpc) is 2.83. The fraction of sp³-hybridized carbons (Fsp3) is 0.286. The van der Waals surface area contributed by atoms with Crippen molar-refractivity contribution in [3.63, 3.8) is 0 Å². The summed E-state index contributed by atoms with van der Waals surface area (Å²) in [4.78, 5) is 23.5. The second-order valence-electron chi connectivity index (χ2n) is 4.41. The largest absolute Gasteiger partial charge is 0.456 e. The second-order valence-corrected chi connectivity index (χ2v) is 5.33. The van der Waals surface area contributed by atoms with Crippen LogP contribution in [0.15, 0.2) is 40.4 Å². The van der Waals surface area contributed by atoms with Gasteiger partial charge in [-0.25, -0.2) is 4.79 Å². The highest BCUT2D eigenvalue weighted by atomic mass is 79.9. The molecule has 19 heavy (non-hydrogen) atoms. The fourth-order valence-electron chi connectivity index (χ4n) is 1.77. The van der Waals surface area contributed by atoms with Gasteiger partial charge in [0.1, 0.15) is 6.04 Å². The maximum Gasteiger partial charge on any atom is 0.327 e. The van der Waals surface area contributed by atoms with E-state index in [1.807, 2.05) is 13.0 Å². The third-order valence-corrected chi connectivity index (χ3v) is 3.35. The molecule has 1 aromatic carbocycles. The summed E-state index contributed by atoms with van der Waals surface area (Å²) in [5.41, 5.74) is 1.63. The number of carbonyl (C=O) groups is 2. The predicted octanol–water partition coefficient (Wildman–Crippen LogP) is 2.09. The number of hydrogen-bond donors (Lipinski definition) is 1. The number of hydrogen-bond acceptors (Lipinski definition) is 4. The third-order valence-electron chi connectivity index (χ3n) is 2.82. The van der Waals surface area contributed by atoms with Crippen LogP contribution >= 0.6 is 15.9 Å². The smallest absolute Gasteiger partial charge is 0.327 e. The van der Waals surface area contributed by atoms with E-state index in [0.717, 1.165) is 10.0 Å². The summed E-state index contributed by atoms with van der Waals surface area (Å²) in [5.74, 6) is -0.623. The molecule has 0 spiro atoms. The first kappa shape index (κ1) is 14.0. The zero-order chi connectivity index (χ0) is 13.8. The molecule has 2 rings (SSSR count). The normalized spacial score (nSPS) is 18.0. The molecule has 1 aliphatic rings. The third kappa shape index (κ3) is 3.75. The molecule has 0 saturated carbocycles. The van der Waals surface area contributed by atoms with Crippen molar-refractivity contribution in [2.75, 3.05) is 13.2 Å². The van der Waals surface area contributed by atoms with Crippen LogP contribution < -0.4 is 5.32 Å². The summed E-state index contributed by atoms with van der Waals surface area (Å²) in [6.45, 7) is 2.39. The van der Waals surface area contributed by atoms with Gasteiger partial charge in [-0.3, -0.25) is 10.1 Å². The van der Waals surface area contributed by atoms with E-state index in [1.165, 1.54) is 0 Å². The SMILES string of the molecule is CC1=CC(C(=O)OCC(=O)c2ccc(Br)cc2)NC1. The summed E-state index contributed by atoms with van der Waals surface area (Å²) in [5, 5.41) is 2.99. The van der Waals surface area contributed by atoms with E-state index in [4.69, 9.17) is 4.74 Å². The minimum Gasteiger partial charge on any atom is -0.456 e.